The molecule has 32 heavy (non-hydrogen) atoms. The highest BCUT2D eigenvalue weighted by atomic mass is 32.2. The van der Waals surface area contributed by atoms with Crippen molar-refractivity contribution in [1.82, 2.24) is 0 Å². The lowest BCUT2D eigenvalue weighted by molar-refractivity contribution is -0.00325. The van der Waals surface area contributed by atoms with Gasteiger partial charge in [0.2, 0.25) is 0 Å². The lowest BCUT2D eigenvalue weighted by Crippen LogP contribution is -2.25. The summed E-state index contributed by atoms with van der Waals surface area (Å²) in [5.41, 5.74) is 0.147. The third-order valence-corrected chi connectivity index (χ3v) is 8.03. The summed E-state index contributed by atoms with van der Waals surface area (Å²) in [4.78, 5) is 14.0. The van der Waals surface area contributed by atoms with Crippen LogP contribution in [0.25, 0.3) is 25.1 Å². The number of esters is 1. The molecule has 0 bridgehead atoms. The molecule has 0 amide bonds. The van der Waals surface area contributed by atoms with Crippen LogP contribution in [-0.2, 0) is 10.3 Å². The van der Waals surface area contributed by atoms with Gasteiger partial charge in [-0.25, -0.2) is 9.18 Å². The molecule has 0 saturated carbocycles. The largest absolute Gasteiger partial charge is 0.451 e. The van der Waals surface area contributed by atoms with Crippen molar-refractivity contribution in [1.29, 1.82) is 0 Å². The zero-order valence-electron chi connectivity index (χ0n) is 17.8. The van der Waals surface area contributed by atoms with Gasteiger partial charge in [0, 0.05) is 21.2 Å². The Bertz CT molecular complexity index is 1390. The van der Waals surface area contributed by atoms with Crippen LogP contribution in [0.3, 0.4) is 0 Å². The summed E-state index contributed by atoms with van der Waals surface area (Å²) in [5, 5.41) is 2.54. The second-order valence-electron chi connectivity index (χ2n) is 8.23. The van der Waals surface area contributed by atoms with Gasteiger partial charge in [-0.05, 0) is 80.1 Å². The van der Waals surface area contributed by atoms with Crippen molar-refractivity contribution in [3.8, 4) is 4.90 Å². The summed E-state index contributed by atoms with van der Waals surface area (Å²) in [5.74, 6) is -0.782. The van der Waals surface area contributed by atoms with Gasteiger partial charge in [-0.2, -0.15) is 0 Å². The van der Waals surface area contributed by atoms with Gasteiger partial charge < -0.3 is 4.74 Å². The molecule has 1 aromatic heterocycles. The van der Waals surface area contributed by atoms with Crippen LogP contribution in [0, 0.1) is 5.82 Å². The molecule has 2 nitrogen and oxygen atoms in total. The summed E-state index contributed by atoms with van der Waals surface area (Å²) < 4.78 is 22.0. The molecular weight excluding hydrogens is 419 g/mol. The molecule has 1 heterocycles. The van der Waals surface area contributed by atoms with Crippen LogP contribution in [0.15, 0.2) is 97.1 Å². The summed E-state index contributed by atoms with van der Waals surface area (Å²) in [6.07, 6.45) is 0. The van der Waals surface area contributed by atoms with E-state index < -0.39 is 11.6 Å². The number of thiophene rings is 1. The standard InChI is InChI=1S/C28H22FO2S/c1-28(2,20-8-7-9-21(29)18-20)31-27(30)19-14-16-22(17-15-19)32-25-12-5-3-10-23(25)24-11-4-6-13-26(24)32/h3-18H,1-2H3/q+1. The lowest BCUT2D eigenvalue weighted by atomic mass is 9.98. The van der Waals surface area contributed by atoms with E-state index >= 15 is 0 Å². The number of hydrogen-bond donors (Lipinski definition) is 0. The molecule has 0 unspecified atom stereocenters. The van der Waals surface area contributed by atoms with Gasteiger partial charge in [0.25, 0.3) is 0 Å². The zero-order valence-corrected chi connectivity index (χ0v) is 18.7. The molecule has 4 aromatic carbocycles. The monoisotopic (exact) mass is 441 g/mol. The van der Waals surface area contributed by atoms with E-state index in [0.29, 0.717) is 11.1 Å². The fraction of sp³-hybridized carbons (Fsp3) is 0.107. The molecule has 0 spiro atoms. The van der Waals surface area contributed by atoms with E-state index in [0.717, 1.165) is 4.90 Å². The molecule has 0 aliphatic heterocycles. The number of rotatable bonds is 4. The van der Waals surface area contributed by atoms with Crippen LogP contribution in [0.5, 0.6) is 0 Å². The molecule has 0 aliphatic carbocycles. The zero-order chi connectivity index (χ0) is 22.3. The maximum atomic E-state index is 13.6. The van der Waals surface area contributed by atoms with Crippen LogP contribution >= 0.6 is 10.5 Å². The molecule has 0 saturated heterocycles. The molecule has 158 valence electrons. The maximum absolute atomic E-state index is 13.6. The minimum atomic E-state index is -0.942. The van der Waals surface area contributed by atoms with Crippen LogP contribution in [-0.4, -0.2) is 5.97 Å². The van der Waals surface area contributed by atoms with Crippen LogP contribution < -0.4 is 0 Å². The number of carbonyl (C=O) groups is 1. The van der Waals surface area contributed by atoms with E-state index in [1.807, 2.05) is 24.3 Å². The molecule has 0 fully saturated rings. The Labute approximate surface area is 188 Å². The van der Waals surface area contributed by atoms with E-state index in [2.05, 4.69) is 48.5 Å². The Balaban J connectivity index is 1.48. The molecule has 0 N–H and O–H groups in total. The normalized spacial score (nSPS) is 11.7. The third-order valence-electron chi connectivity index (χ3n) is 5.70. The Morgan fingerprint density at radius 1 is 0.781 bits per heavy atom. The smallest absolute Gasteiger partial charge is 0.338 e. The number of carbonyl (C=O) groups excluding carboxylic acids is 1. The Morgan fingerprint density at radius 2 is 1.38 bits per heavy atom. The fourth-order valence-corrected chi connectivity index (χ4v) is 6.42. The first-order chi connectivity index (χ1) is 15.4. The lowest BCUT2D eigenvalue weighted by Gasteiger charge is -2.25. The molecular formula is C28H22FO2S+. The molecule has 5 aromatic rings. The van der Waals surface area contributed by atoms with Crippen molar-refractivity contribution in [2.24, 2.45) is 0 Å². The van der Waals surface area contributed by atoms with Crippen molar-refractivity contribution in [3.63, 3.8) is 0 Å². The number of halogens is 1. The van der Waals surface area contributed by atoms with E-state index in [9.17, 15) is 9.18 Å². The first-order valence-electron chi connectivity index (χ1n) is 10.5. The fourth-order valence-electron chi connectivity index (χ4n) is 4.05. The predicted octanol–water partition coefficient (Wildman–Crippen LogP) is 7.96. The first-order valence-corrected chi connectivity index (χ1v) is 11.7. The topological polar surface area (TPSA) is 26.3 Å². The highest BCUT2D eigenvalue weighted by molar-refractivity contribution is 7.50. The summed E-state index contributed by atoms with van der Waals surface area (Å²) in [6, 6.07) is 30.8. The van der Waals surface area contributed by atoms with Gasteiger partial charge in [0.15, 0.2) is 14.3 Å². The van der Waals surface area contributed by atoms with E-state index in [1.54, 1.807) is 26.0 Å². The van der Waals surface area contributed by atoms with Crippen molar-refractivity contribution in [2.75, 3.05) is 0 Å². The Hall–Kier alpha value is -3.50. The summed E-state index contributed by atoms with van der Waals surface area (Å²) in [6.45, 7) is 3.53. The van der Waals surface area contributed by atoms with Crippen LogP contribution in [0.2, 0.25) is 0 Å². The molecule has 0 aliphatic rings. The van der Waals surface area contributed by atoms with Crippen molar-refractivity contribution in [2.45, 2.75) is 19.4 Å². The predicted molar refractivity (Wildman–Crippen MR) is 130 cm³/mol. The minimum Gasteiger partial charge on any atom is -0.451 e. The highest BCUT2D eigenvalue weighted by Gasteiger charge is 2.27. The number of ether oxygens (including phenoxy) is 1. The van der Waals surface area contributed by atoms with Gasteiger partial charge in [0.05, 0.1) is 5.56 Å². The van der Waals surface area contributed by atoms with Gasteiger partial charge >= 0.3 is 5.97 Å². The Kier molecular flexibility index (Phi) is 5.03. The summed E-state index contributed by atoms with van der Waals surface area (Å²) in [7, 11) is -0.207. The Morgan fingerprint density at radius 3 is 1.97 bits per heavy atom. The maximum Gasteiger partial charge on any atom is 0.338 e. The van der Waals surface area contributed by atoms with Gasteiger partial charge in [-0.3, -0.25) is 0 Å². The van der Waals surface area contributed by atoms with Crippen LogP contribution in [0.1, 0.15) is 29.8 Å². The molecule has 4 heteroatoms. The quantitative estimate of drug-likeness (QED) is 0.209. The number of benzene rings is 4. The van der Waals surface area contributed by atoms with Gasteiger partial charge in [-0.1, -0.05) is 36.4 Å². The van der Waals surface area contributed by atoms with Crippen molar-refractivity contribution >= 4 is 36.6 Å². The van der Waals surface area contributed by atoms with E-state index in [-0.39, 0.29) is 16.3 Å². The summed E-state index contributed by atoms with van der Waals surface area (Å²) >= 11 is 0. The number of fused-ring (bicyclic) bond motifs is 3. The van der Waals surface area contributed by atoms with Crippen molar-refractivity contribution in [3.05, 3.63) is 114 Å². The van der Waals surface area contributed by atoms with Gasteiger partial charge in [0.1, 0.15) is 11.4 Å². The highest BCUT2D eigenvalue weighted by Crippen LogP contribution is 2.48. The third kappa shape index (κ3) is 3.57. The second kappa shape index (κ2) is 7.88. The van der Waals surface area contributed by atoms with Crippen molar-refractivity contribution < 1.29 is 13.9 Å². The SMILES string of the molecule is CC(C)(OC(=O)c1ccc(-[s+]2c3ccccc3c3ccccc32)cc1)c1cccc(F)c1. The second-order valence-corrected chi connectivity index (χ2v) is 10.2. The minimum absolute atomic E-state index is 0.207. The number of hydrogen-bond acceptors (Lipinski definition) is 2. The van der Waals surface area contributed by atoms with Crippen LogP contribution in [0.4, 0.5) is 4.39 Å². The molecule has 0 atom stereocenters. The average Bonchev–Trinajstić information content (AvgIpc) is 3.13. The van der Waals surface area contributed by atoms with E-state index in [4.69, 9.17) is 4.74 Å². The molecule has 5 rings (SSSR count). The first kappa shape index (κ1) is 20.4. The van der Waals surface area contributed by atoms with Gasteiger partial charge in [-0.15, -0.1) is 0 Å². The molecule has 0 radical (unpaired) electrons. The van der Waals surface area contributed by atoms with E-state index in [1.165, 1.54) is 32.3 Å². The average molecular weight is 442 g/mol.